The Morgan fingerprint density at radius 3 is 3.15 bits per heavy atom. The van der Waals surface area contributed by atoms with Crippen molar-refractivity contribution in [2.75, 3.05) is 13.1 Å². The van der Waals surface area contributed by atoms with Gasteiger partial charge in [0, 0.05) is 11.3 Å². The van der Waals surface area contributed by atoms with Crippen LogP contribution >= 0.6 is 11.3 Å². The molecule has 2 unspecified atom stereocenters. The van der Waals surface area contributed by atoms with Gasteiger partial charge in [-0.05, 0) is 32.4 Å². The third-order valence-electron chi connectivity index (χ3n) is 2.60. The summed E-state index contributed by atoms with van der Waals surface area (Å²) in [6, 6.07) is 0. The van der Waals surface area contributed by atoms with E-state index in [1.54, 1.807) is 11.3 Å². The van der Waals surface area contributed by atoms with Crippen molar-refractivity contribution in [3.8, 4) is 0 Å². The van der Waals surface area contributed by atoms with Crippen LogP contribution in [0.25, 0.3) is 0 Å². The van der Waals surface area contributed by atoms with Gasteiger partial charge in [-0.1, -0.05) is 6.92 Å². The van der Waals surface area contributed by atoms with Gasteiger partial charge in [0.2, 0.25) is 0 Å². The van der Waals surface area contributed by atoms with Gasteiger partial charge < -0.3 is 5.32 Å². The van der Waals surface area contributed by atoms with Crippen molar-refractivity contribution in [2.45, 2.75) is 26.2 Å². The molecule has 1 fully saturated rings. The highest BCUT2D eigenvalue weighted by molar-refractivity contribution is 7.09. The summed E-state index contributed by atoms with van der Waals surface area (Å²) in [4.78, 5) is 4.52. The van der Waals surface area contributed by atoms with Crippen molar-refractivity contribution >= 4 is 11.3 Å². The quantitative estimate of drug-likeness (QED) is 0.798. The molecule has 0 radical (unpaired) electrons. The molecule has 0 aliphatic heterocycles. The molecule has 0 aromatic carbocycles. The normalized spacial score (nSPS) is 26.3. The van der Waals surface area contributed by atoms with Gasteiger partial charge in [0.05, 0.1) is 10.7 Å². The Labute approximate surface area is 83.4 Å². The number of nitrogens with zero attached hydrogens (tertiary/aromatic N) is 1. The zero-order chi connectivity index (χ0) is 9.26. The van der Waals surface area contributed by atoms with Crippen molar-refractivity contribution in [3.05, 3.63) is 16.1 Å². The fourth-order valence-electron chi connectivity index (χ4n) is 1.72. The Hall–Kier alpha value is -0.410. The van der Waals surface area contributed by atoms with Crippen LogP contribution in [0, 0.1) is 12.8 Å². The van der Waals surface area contributed by atoms with Crippen molar-refractivity contribution in [1.82, 2.24) is 10.3 Å². The van der Waals surface area contributed by atoms with E-state index in [1.807, 2.05) is 0 Å². The van der Waals surface area contributed by atoms with Gasteiger partial charge in [-0.25, -0.2) is 4.98 Å². The van der Waals surface area contributed by atoms with E-state index >= 15 is 0 Å². The number of hydrogen-bond acceptors (Lipinski definition) is 3. The Balaban J connectivity index is 1.85. The molecule has 1 saturated carbocycles. The molecule has 0 bridgehead atoms. The van der Waals surface area contributed by atoms with Crippen molar-refractivity contribution in [3.63, 3.8) is 0 Å². The molecule has 1 N–H and O–H groups in total. The first-order valence-corrected chi connectivity index (χ1v) is 5.82. The Bertz CT molecular complexity index is 282. The molecule has 2 atom stereocenters. The molecule has 13 heavy (non-hydrogen) atoms. The monoisotopic (exact) mass is 196 g/mol. The maximum absolute atomic E-state index is 4.52. The third kappa shape index (κ3) is 2.09. The second kappa shape index (κ2) is 3.76. The lowest BCUT2D eigenvalue weighted by atomic mass is 10.2. The summed E-state index contributed by atoms with van der Waals surface area (Å²) in [6.07, 6.45) is 1.33. The van der Waals surface area contributed by atoms with E-state index in [2.05, 4.69) is 29.5 Å². The maximum atomic E-state index is 4.52. The lowest BCUT2D eigenvalue weighted by Crippen LogP contribution is -2.16. The van der Waals surface area contributed by atoms with Gasteiger partial charge in [-0.3, -0.25) is 0 Å². The molecule has 1 heterocycles. The van der Waals surface area contributed by atoms with Gasteiger partial charge in [-0.15, -0.1) is 11.3 Å². The number of aryl methyl sites for hydroxylation is 1. The zero-order valence-corrected chi connectivity index (χ0v) is 9.03. The molecule has 0 saturated heterocycles. The van der Waals surface area contributed by atoms with Crippen LogP contribution < -0.4 is 5.32 Å². The molecule has 72 valence electrons. The van der Waals surface area contributed by atoms with Crippen molar-refractivity contribution in [2.24, 2.45) is 5.92 Å². The summed E-state index contributed by atoms with van der Waals surface area (Å²) >= 11 is 1.77. The average Bonchev–Trinajstić information content (AvgIpc) is 2.78. The van der Waals surface area contributed by atoms with Crippen LogP contribution in [0.15, 0.2) is 5.38 Å². The van der Waals surface area contributed by atoms with Crippen LogP contribution in [0.1, 0.15) is 30.0 Å². The summed E-state index contributed by atoms with van der Waals surface area (Å²) in [5, 5.41) is 6.80. The van der Waals surface area contributed by atoms with Gasteiger partial charge >= 0.3 is 0 Å². The first kappa shape index (κ1) is 9.16. The number of nitrogens with one attached hydrogen (secondary N) is 1. The molecule has 1 aliphatic rings. The summed E-state index contributed by atoms with van der Waals surface area (Å²) in [5.41, 5.74) is 1.32. The minimum absolute atomic E-state index is 0.754. The van der Waals surface area contributed by atoms with Crippen LogP contribution in [0.4, 0.5) is 0 Å². The summed E-state index contributed by atoms with van der Waals surface area (Å²) in [7, 11) is 0. The summed E-state index contributed by atoms with van der Waals surface area (Å²) in [5.74, 6) is 1.60. The largest absolute Gasteiger partial charge is 0.317 e. The highest BCUT2D eigenvalue weighted by Gasteiger charge is 2.39. The van der Waals surface area contributed by atoms with E-state index in [1.165, 1.54) is 17.1 Å². The van der Waals surface area contributed by atoms with Crippen molar-refractivity contribution in [1.29, 1.82) is 0 Å². The van der Waals surface area contributed by atoms with E-state index < -0.39 is 0 Å². The highest BCUT2D eigenvalue weighted by Crippen LogP contribution is 2.46. The second-order valence-electron chi connectivity index (χ2n) is 3.70. The van der Waals surface area contributed by atoms with E-state index in [-0.39, 0.29) is 0 Å². The highest BCUT2D eigenvalue weighted by atomic mass is 32.1. The Morgan fingerprint density at radius 1 is 1.69 bits per heavy atom. The SMILES string of the molecule is CCNCC1CC1c1csc(C)n1. The van der Waals surface area contributed by atoms with Crippen molar-refractivity contribution < 1.29 is 0 Å². The standard InChI is InChI=1S/C10H16N2S/c1-3-11-5-8-4-9(8)10-6-13-7(2)12-10/h6,8-9,11H,3-5H2,1-2H3. The number of aromatic nitrogens is 1. The second-order valence-corrected chi connectivity index (χ2v) is 4.76. The molecule has 0 spiro atoms. The maximum Gasteiger partial charge on any atom is 0.0897 e. The molecular formula is C10H16N2S. The lowest BCUT2D eigenvalue weighted by Gasteiger charge is -1.98. The minimum Gasteiger partial charge on any atom is -0.317 e. The fraction of sp³-hybridized carbons (Fsp3) is 0.700. The van der Waals surface area contributed by atoms with Gasteiger partial charge in [0.15, 0.2) is 0 Å². The third-order valence-corrected chi connectivity index (χ3v) is 3.39. The molecule has 1 aliphatic carbocycles. The van der Waals surface area contributed by atoms with Gasteiger partial charge in [0.1, 0.15) is 0 Å². The molecular weight excluding hydrogens is 180 g/mol. The first-order chi connectivity index (χ1) is 6.31. The Morgan fingerprint density at radius 2 is 2.54 bits per heavy atom. The van der Waals surface area contributed by atoms with Crippen LogP contribution in [0.3, 0.4) is 0 Å². The van der Waals surface area contributed by atoms with E-state index in [4.69, 9.17) is 0 Å². The van der Waals surface area contributed by atoms with E-state index in [0.717, 1.165) is 24.9 Å². The predicted molar refractivity (Wildman–Crippen MR) is 56.2 cm³/mol. The number of rotatable bonds is 4. The summed E-state index contributed by atoms with van der Waals surface area (Å²) < 4.78 is 0. The lowest BCUT2D eigenvalue weighted by molar-refractivity contribution is 0.647. The van der Waals surface area contributed by atoms with E-state index in [9.17, 15) is 0 Å². The molecule has 2 nitrogen and oxygen atoms in total. The zero-order valence-electron chi connectivity index (χ0n) is 8.21. The Kier molecular flexibility index (Phi) is 2.65. The predicted octanol–water partition coefficient (Wildman–Crippen LogP) is 2.16. The van der Waals surface area contributed by atoms with Crippen LogP contribution in [-0.2, 0) is 0 Å². The minimum atomic E-state index is 0.754. The van der Waals surface area contributed by atoms with Crippen LogP contribution in [-0.4, -0.2) is 18.1 Å². The molecule has 2 rings (SSSR count). The van der Waals surface area contributed by atoms with Gasteiger partial charge in [-0.2, -0.15) is 0 Å². The molecule has 1 aromatic rings. The van der Waals surface area contributed by atoms with Gasteiger partial charge in [0.25, 0.3) is 0 Å². The van der Waals surface area contributed by atoms with Crippen LogP contribution in [0.2, 0.25) is 0 Å². The van der Waals surface area contributed by atoms with Crippen LogP contribution in [0.5, 0.6) is 0 Å². The molecule has 0 amide bonds. The number of hydrogen-bond donors (Lipinski definition) is 1. The van der Waals surface area contributed by atoms with E-state index in [0.29, 0.717) is 0 Å². The smallest absolute Gasteiger partial charge is 0.0897 e. The molecule has 1 aromatic heterocycles. The topological polar surface area (TPSA) is 24.9 Å². The summed E-state index contributed by atoms with van der Waals surface area (Å²) in [6.45, 7) is 6.48. The fourth-order valence-corrected chi connectivity index (χ4v) is 2.39. The molecule has 3 heteroatoms. The average molecular weight is 196 g/mol. The number of thiazole rings is 1. The first-order valence-electron chi connectivity index (χ1n) is 4.94.